The molecule has 0 saturated heterocycles. The van der Waals surface area contributed by atoms with Gasteiger partial charge in [0.2, 0.25) is 10.0 Å². The molecule has 3 nitrogen and oxygen atoms in total. The first kappa shape index (κ1) is 13.3. The van der Waals surface area contributed by atoms with Gasteiger partial charge in [0.05, 0.1) is 5.75 Å². The third-order valence-corrected chi connectivity index (χ3v) is 4.91. The number of sulfonamides is 1. The van der Waals surface area contributed by atoms with Gasteiger partial charge in [0.25, 0.3) is 0 Å². The van der Waals surface area contributed by atoms with E-state index in [1.165, 1.54) is 4.31 Å². The Morgan fingerprint density at radius 2 is 2.00 bits per heavy atom. The Kier molecular flexibility index (Phi) is 6.00. The molecule has 13 heavy (non-hydrogen) atoms. The Bertz CT molecular complexity index is 226. The Hall–Kier alpha value is 0.260. The van der Waals surface area contributed by atoms with Gasteiger partial charge in [-0.25, -0.2) is 12.7 Å². The van der Waals surface area contributed by atoms with Gasteiger partial charge in [-0.1, -0.05) is 6.92 Å². The average Bonchev–Trinajstić information content (AvgIpc) is 2.03. The molecule has 0 aliphatic heterocycles. The van der Waals surface area contributed by atoms with Crippen molar-refractivity contribution in [3.63, 3.8) is 0 Å². The van der Waals surface area contributed by atoms with Crippen molar-refractivity contribution in [2.45, 2.75) is 26.3 Å². The molecule has 0 fully saturated rings. The molecule has 0 aromatic rings. The summed E-state index contributed by atoms with van der Waals surface area (Å²) in [5.74, 6) is 1.10. The summed E-state index contributed by atoms with van der Waals surface area (Å²) in [6.45, 7) is 3.81. The standard InChI is InChI=1S/C8H19NO2S2/c1-5-6-13(10,11)9(3)8(2)7-12-4/h8H,5-7H2,1-4H3. The third-order valence-electron chi connectivity index (χ3n) is 1.93. The molecule has 0 saturated carbocycles. The summed E-state index contributed by atoms with van der Waals surface area (Å²) in [4.78, 5) is 0. The highest BCUT2D eigenvalue weighted by Gasteiger charge is 2.21. The van der Waals surface area contributed by atoms with Crippen molar-refractivity contribution in [3.05, 3.63) is 0 Å². The summed E-state index contributed by atoms with van der Waals surface area (Å²) in [7, 11) is -1.35. The van der Waals surface area contributed by atoms with Crippen LogP contribution in [0.4, 0.5) is 0 Å². The van der Waals surface area contributed by atoms with Gasteiger partial charge >= 0.3 is 0 Å². The van der Waals surface area contributed by atoms with E-state index in [4.69, 9.17) is 0 Å². The molecule has 0 radical (unpaired) electrons. The van der Waals surface area contributed by atoms with E-state index in [-0.39, 0.29) is 11.8 Å². The summed E-state index contributed by atoms with van der Waals surface area (Å²) in [5.41, 5.74) is 0. The highest BCUT2D eigenvalue weighted by atomic mass is 32.2. The highest BCUT2D eigenvalue weighted by molar-refractivity contribution is 7.98. The maximum Gasteiger partial charge on any atom is 0.214 e. The van der Waals surface area contributed by atoms with Crippen molar-refractivity contribution >= 4 is 21.8 Å². The smallest absolute Gasteiger partial charge is 0.212 e. The summed E-state index contributed by atoms with van der Waals surface area (Å²) in [6, 6.07) is 0.0894. The average molecular weight is 225 g/mol. The lowest BCUT2D eigenvalue weighted by atomic mass is 10.4. The van der Waals surface area contributed by atoms with Gasteiger partial charge in [0.1, 0.15) is 0 Å². The summed E-state index contributed by atoms with van der Waals surface area (Å²) < 4.78 is 24.6. The van der Waals surface area contributed by atoms with Crippen LogP contribution < -0.4 is 0 Å². The molecule has 80 valence electrons. The van der Waals surface area contributed by atoms with Crippen LogP contribution in [0.2, 0.25) is 0 Å². The first-order valence-electron chi connectivity index (χ1n) is 4.40. The quantitative estimate of drug-likeness (QED) is 0.686. The molecule has 1 atom stereocenters. The molecule has 0 aliphatic rings. The molecule has 0 spiro atoms. The van der Waals surface area contributed by atoms with Gasteiger partial charge in [-0.15, -0.1) is 0 Å². The molecule has 0 bridgehead atoms. The SMILES string of the molecule is CCCS(=O)(=O)N(C)C(C)CSC. The Morgan fingerprint density at radius 1 is 1.46 bits per heavy atom. The van der Waals surface area contributed by atoms with E-state index >= 15 is 0 Å². The fourth-order valence-corrected chi connectivity index (χ4v) is 3.25. The summed E-state index contributed by atoms with van der Waals surface area (Å²) in [6.07, 6.45) is 2.66. The summed E-state index contributed by atoms with van der Waals surface area (Å²) >= 11 is 1.67. The minimum Gasteiger partial charge on any atom is -0.212 e. The van der Waals surface area contributed by atoms with Crippen LogP contribution in [0.25, 0.3) is 0 Å². The Labute approximate surface area is 85.9 Å². The van der Waals surface area contributed by atoms with Crippen LogP contribution in [-0.4, -0.2) is 43.6 Å². The number of hydrogen-bond donors (Lipinski definition) is 0. The second kappa shape index (κ2) is 5.88. The zero-order valence-corrected chi connectivity index (χ0v) is 10.4. The van der Waals surface area contributed by atoms with Crippen molar-refractivity contribution in [2.75, 3.05) is 24.8 Å². The van der Waals surface area contributed by atoms with Crippen molar-refractivity contribution in [3.8, 4) is 0 Å². The largest absolute Gasteiger partial charge is 0.214 e. The molecule has 0 heterocycles. The van der Waals surface area contributed by atoms with Crippen molar-refractivity contribution in [1.29, 1.82) is 0 Å². The van der Waals surface area contributed by atoms with E-state index in [0.29, 0.717) is 6.42 Å². The molecule has 5 heteroatoms. The lowest BCUT2D eigenvalue weighted by molar-refractivity contribution is 0.414. The van der Waals surface area contributed by atoms with E-state index < -0.39 is 10.0 Å². The number of rotatable bonds is 6. The van der Waals surface area contributed by atoms with Crippen LogP contribution >= 0.6 is 11.8 Å². The highest BCUT2D eigenvalue weighted by Crippen LogP contribution is 2.09. The zero-order chi connectivity index (χ0) is 10.5. The van der Waals surface area contributed by atoms with Crippen LogP contribution in [0, 0.1) is 0 Å². The first-order chi connectivity index (χ1) is 5.95. The zero-order valence-electron chi connectivity index (χ0n) is 8.78. The van der Waals surface area contributed by atoms with Crippen LogP contribution in [0.15, 0.2) is 0 Å². The second-order valence-corrected chi connectivity index (χ2v) is 6.20. The van der Waals surface area contributed by atoms with E-state index in [1.807, 2.05) is 20.1 Å². The Balaban J connectivity index is 4.31. The van der Waals surface area contributed by atoms with E-state index in [2.05, 4.69) is 0 Å². The maximum absolute atomic E-state index is 11.6. The van der Waals surface area contributed by atoms with Gasteiger partial charge in [-0.05, 0) is 19.6 Å². The van der Waals surface area contributed by atoms with Crippen LogP contribution in [-0.2, 0) is 10.0 Å². The van der Waals surface area contributed by atoms with Gasteiger partial charge in [0.15, 0.2) is 0 Å². The molecular formula is C8H19NO2S2. The minimum atomic E-state index is -3.01. The van der Waals surface area contributed by atoms with Crippen molar-refractivity contribution < 1.29 is 8.42 Å². The fourth-order valence-electron chi connectivity index (χ4n) is 1.02. The van der Waals surface area contributed by atoms with Gasteiger partial charge in [-0.2, -0.15) is 11.8 Å². The third kappa shape index (κ3) is 4.33. The van der Waals surface area contributed by atoms with E-state index in [1.54, 1.807) is 18.8 Å². The predicted octanol–water partition coefficient (Wildman–Crippen LogP) is 1.41. The van der Waals surface area contributed by atoms with Gasteiger partial charge in [-0.3, -0.25) is 0 Å². The lowest BCUT2D eigenvalue weighted by Crippen LogP contribution is -2.37. The molecular weight excluding hydrogens is 206 g/mol. The van der Waals surface area contributed by atoms with Crippen LogP contribution in [0.3, 0.4) is 0 Å². The normalized spacial score (nSPS) is 14.8. The molecule has 0 aliphatic carbocycles. The minimum absolute atomic E-state index is 0.0894. The fraction of sp³-hybridized carbons (Fsp3) is 1.00. The van der Waals surface area contributed by atoms with E-state index in [0.717, 1.165) is 5.75 Å². The maximum atomic E-state index is 11.6. The summed E-state index contributed by atoms with van der Waals surface area (Å²) in [5, 5.41) is 0. The number of thioether (sulfide) groups is 1. The van der Waals surface area contributed by atoms with Gasteiger partial charge in [0, 0.05) is 18.8 Å². The monoisotopic (exact) mass is 225 g/mol. The predicted molar refractivity (Wildman–Crippen MR) is 59.7 cm³/mol. The van der Waals surface area contributed by atoms with Crippen molar-refractivity contribution in [2.24, 2.45) is 0 Å². The lowest BCUT2D eigenvalue weighted by Gasteiger charge is -2.23. The molecule has 0 aromatic heterocycles. The van der Waals surface area contributed by atoms with E-state index in [9.17, 15) is 8.42 Å². The van der Waals surface area contributed by atoms with Gasteiger partial charge < -0.3 is 0 Å². The Morgan fingerprint density at radius 3 is 2.38 bits per heavy atom. The molecule has 0 N–H and O–H groups in total. The second-order valence-electron chi connectivity index (χ2n) is 3.14. The molecule has 1 unspecified atom stereocenters. The first-order valence-corrected chi connectivity index (χ1v) is 7.40. The number of hydrogen-bond acceptors (Lipinski definition) is 3. The molecule has 0 amide bonds. The topological polar surface area (TPSA) is 37.4 Å². The van der Waals surface area contributed by atoms with Crippen LogP contribution in [0.5, 0.6) is 0 Å². The van der Waals surface area contributed by atoms with Crippen LogP contribution in [0.1, 0.15) is 20.3 Å². The number of nitrogens with zero attached hydrogens (tertiary/aromatic N) is 1. The molecule has 0 aromatic carbocycles. The van der Waals surface area contributed by atoms with Crippen molar-refractivity contribution in [1.82, 2.24) is 4.31 Å². The molecule has 0 rings (SSSR count).